The van der Waals surface area contributed by atoms with Gasteiger partial charge in [0.15, 0.2) is 0 Å². The molecule has 0 bridgehead atoms. The molecule has 5 nitrogen and oxygen atoms in total. The van der Waals surface area contributed by atoms with Gasteiger partial charge in [0.1, 0.15) is 0 Å². The molecule has 1 amide bonds. The molecule has 0 saturated heterocycles. The Bertz CT molecular complexity index is 707. The van der Waals surface area contributed by atoms with E-state index in [0.29, 0.717) is 17.1 Å². The smallest absolute Gasteiger partial charge is 0.232 e. The Kier molecular flexibility index (Phi) is 7.54. The van der Waals surface area contributed by atoms with Crippen molar-refractivity contribution in [1.82, 2.24) is 5.32 Å². The predicted octanol–water partition coefficient (Wildman–Crippen LogP) is 4.22. The van der Waals surface area contributed by atoms with Crippen molar-refractivity contribution in [1.29, 1.82) is 0 Å². The summed E-state index contributed by atoms with van der Waals surface area (Å²) in [5, 5.41) is 3.59. The summed E-state index contributed by atoms with van der Waals surface area (Å²) in [6.45, 7) is 10.7. The number of halogens is 1. The van der Waals surface area contributed by atoms with Gasteiger partial charge in [0, 0.05) is 23.5 Å². The van der Waals surface area contributed by atoms with Crippen LogP contribution in [0, 0.1) is 5.41 Å². The Balaban J connectivity index is 2.65. The minimum atomic E-state index is -3.43. The fourth-order valence-electron chi connectivity index (χ4n) is 3.29. The number of benzene rings is 1. The van der Waals surface area contributed by atoms with E-state index in [1.54, 1.807) is 24.3 Å². The molecule has 148 valence electrons. The van der Waals surface area contributed by atoms with E-state index in [1.165, 1.54) is 4.31 Å². The number of hydrogen-bond acceptors (Lipinski definition) is 3. The molecule has 0 atom stereocenters. The molecule has 0 heterocycles. The molecule has 1 rings (SSSR count). The van der Waals surface area contributed by atoms with Crippen LogP contribution in [0.4, 0.5) is 5.69 Å². The Morgan fingerprint density at radius 2 is 1.65 bits per heavy atom. The Morgan fingerprint density at radius 3 is 2.12 bits per heavy atom. The molecule has 1 N–H and O–H groups in total. The molecular formula is C19H31ClN2O3S. The van der Waals surface area contributed by atoms with Crippen LogP contribution in [0.5, 0.6) is 0 Å². The van der Waals surface area contributed by atoms with Crippen LogP contribution in [-0.4, -0.2) is 32.7 Å². The molecule has 0 aliphatic rings. The summed E-state index contributed by atoms with van der Waals surface area (Å²) >= 11 is 5.86. The van der Waals surface area contributed by atoms with Crippen molar-refractivity contribution in [3.05, 3.63) is 29.3 Å². The zero-order chi connectivity index (χ0) is 20.2. The summed E-state index contributed by atoms with van der Waals surface area (Å²) < 4.78 is 25.4. The molecule has 0 fully saturated rings. The van der Waals surface area contributed by atoms with Crippen molar-refractivity contribution >= 4 is 33.2 Å². The first-order valence-electron chi connectivity index (χ1n) is 8.74. The fraction of sp³-hybridized carbons (Fsp3) is 0.632. The maximum Gasteiger partial charge on any atom is 0.232 e. The van der Waals surface area contributed by atoms with Crippen molar-refractivity contribution in [2.24, 2.45) is 5.41 Å². The second-order valence-corrected chi connectivity index (χ2v) is 10.9. The van der Waals surface area contributed by atoms with Gasteiger partial charge < -0.3 is 5.32 Å². The molecule has 0 unspecified atom stereocenters. The number of sulfonamides is 1. The zero-order valence-electron chi connectivity index (χ0n) is 16.6. The standard InChI is InChI=1S/C19H31ClN2O3S/c1-18(2,3)14-19(4,5)21-17(23)8-7-13-22(26(6,24)25)16-11-9-15(20)10-12-16/h9-12H,7-8,13-14H2,1-6H3,(H,21,23). The molecular weight excluding hydrogens is 372 g/mol. The van der Waals surface area contributed by atoms with Crippen LogP contribution in [-0.2, 0) is 14.8 Å². The maximum atomic E-state index is 12.3. The van der Waals surface area contributed by atoms with Crippen LogP contribution < -0.4 is 9.62 Å². The van der Waals surface area contributed by atoms with E-state index in [2.05, 4.69) is 26.1 Å². The molecule has 0 saturated carbocycles. The fourth-order valence-corrected chi connectivity index (χ4v) is 4.38. The van der Waals surface area contributed by atoms with E-state index < -0.39 is 10.0 Å². The van der Waals surface area contributed by atoms with E-state index in [-0.39, 0.29) is 29.8 Å². The molecule has 0 aliphatic heterocycles. The molecule has 1 aromatic carbocycles. The topological polar surface area (TPSA) is 66.5 Å². The van der Waals surface area contributed by atoms with E-state index in [1.807, 2.05) is 13.8 Å². The van der Waals surface area contributed by atoms with Crippen LogP contribution >= 0.6 is 11.6 Å². The largest absolute Gasteiger partial charge is 0.351 e. The number of hydrogen-bond donors (Lipinski definition) is 1. The Hall–Kier alpha value is -1.27. The van der Waals surface area contributed by atoms with Gasteiger partial charge in [-0.05, 0) is 56.4 Å². The van der Waals surface area contributed by atoms with Gasteiger partial charge in [-0.1, -0.05) is 32.4 Å². The van der Waals surface area contributed by atoms with Gasteiger partial charge in [0.05, 0.1) is 11.9 Å². The normalized spacial score (nSPS) is 12.7. The number of carbonyl (C=O) groups is 1. The summed E-state index contributed by atoms with van der Waals surface area (Å²) in [7, 11) is -3.43. The number of nitrogens with zero attached hydrogens (tertiary/aromatic N) is 1. The van der Waals surface area contributed by atoms with E-state index in [9.17, 15) is 13.2 Å². The van der Waals surface area contributed by atoms with Gasteiger partial charge >= 0.3 is 0 Å². The van der Waals surface area contributed by atoms with E-state index >= 15 is 0 Å². The number of carbonyl (C=O) groups excluding carboxylic acids is 1. The van der Waals surface area contributed by atoms with Crippen LogP contribution in [0.1, 0.15) is 53.9 Å². The highest BCUT2D eigenvalue weighted by molar-refractivity contribution is 7.92. The lowest BCUT2D eigenvalue weighted by Crippen LogP contribution is -2.46. The average Bonchev–Trinajstić information content (AvgIpc) is 2.40. The lowest BCUT2D eigenvalue weighted by molar-refractivity contribution is -0.123. The molecule has 7 heteroatoms. The Morgan fingerprint density at radius 1 is 1.12 bits per heavy atom. The van der Waals surface area contributed by atoms with E-state index in [4.69, 9.17) is 11.6 Å². The maximum absolute atomic E-state index is 12.3. The minimum Gasteiger partial charge on any atom is -0.351 e. The van der Waals surface area contributed by atoms with Crippen LogP contribution in [0.25, 0.3) is 0 Å². The van der Waals surface area contributed by atoms with Gasteiger partial charge in [-0.15, -0.1) is 0 Å². The second-order valence-electron chi connectivity index (χ2n) is 8.58. The van der Waals surface area contributed by atoms with Crippen molar-refractivity contribution in [2.75, 3.05) is 17.1 Å². The molecule has 0 spiro atoms. The molecule has 0 aromatic heterocycles. The molecule has 26 heavy (non-hydrogen) atoms. The lowest BCUT2D eigenvalue weighted by atomic mass is 9.82. The van der Waals surface area contributed by atoms with Crippen LogP contribution in [0.3, 0.4) is 0 Å². The highest BCUT2D eigenvalue weighted by Gasteiger charge is 2.27. The SMILES string of the molecule is CC(C)(C)CC(C)(C)NC(=O)CCCN(c1ccc(Cl)cc1)S(C)(=O)=O. The number of nitrogens with one attached hydrogen (secondary N) is 1. The summed E-state index contributed by atoms with van der Waals surface area (Å²) in [6.07, 6.45) is 2.72. The first kappa shape index (κ1) is 22.8. The third-order valence-corrected chi connectivity index (χ3v) is 5.18. The second kappa shape index (κ2) is 8.61. The summed E-state index contributed by atoms with van der Waals surface area (Å²) in [5.41, 5.74) is 0.353. The monoisotopic (exact) mass is 402 g/mol. The van der Waals surface area contributed by atoms with Gasteiger partial charge in [0.25, 0.3) is 0 Å². The van der Waals surface area contributed by atoms with Crippen molar-refractivity contribution in [2.45, 2.75) is 59.4 Å². The third-order valence-electron chi connectivity index (χ3n) is 3.73. The highest BCUT2D eigenvalue weighted by Crippen LogP contribution is 2.27. The van der Waals surface area contributed by atoms with Crippen LogP contribution in [0.2, 0.25) is 5.02 Å². The number of amides is 1. The predicted molar refractivity (Wildman–Crippen MR) is 109 cm³/mol. The Labute approximate surface area is 163 Å². The minimum absolute atomic E-state index is 0.0659. The third kappa shape index (κ3) is 8.41. The van der Waals surface area contributed by atoms with Gasteiger partial charge in [-0.2, -0.15) is 0 Å². The van der Waals surface area contributed by atoms with Gasteiger partial charge in [-0.25, -0.2) is 8.42 Å². The summed E-state index contributed by atoms with van der Waals surface area (Å²) in [6, 6.07) is 6.62. The van der Waals surface area contributed by atoms with Crippen molar-refractivity contribution in [3.63, 3.8) is 0 Å². The van der Waals surface area contributed by atoms with Crippen molar-refractivity contribution in [3.8, 4) is 0 Å². The van der Waals surface area contributed by atoms with Crippen LogP contribution in [0.15, 0.2) is 24.3 Å². The van der Waals surface area contributed by atoms with E-state index in [0.717, 1.165) is 12.7 Å². The average molecular weight is 403 g/mol. The molecule has 0 aliphatic carbocycles. The molecule has 0 radical (unpaired) electrons. The summed E-state index contributed by atoms with van der Waals surface area (Å²) in [5.74, 6) is -0.0659. The summed E-state index contributed by atoms with van der Waals surface area (Å²) in [4.78, 5) is 12.3. The first-order chi connectivity index (χ1) is 11.7. The van der Waals surface area contributed by atoms with Gasteiger partial charge in [0.2, 0.25) is 15.9 Å². The quantitative estimate of drug-likeness (QED) is 0.707. The highest BCUT2D eigenvalue weighted by atomic mass is 35.5. The molecule has 1 aromatic rings. The van der Waals surface area contributed by atoms with Crippen molar-refractivity contribution < 1.29 is 13.2 Å². The van der Waals surface area contributed by atoms with Gasteiger partial charge in [-0.3, -0.25) is 9.10 Å². The number of anilines is 1. The lowest BCUT2D eigenvalue weighted by Gasteiger charge is -2.33. The zero-order valence-corrected chi connectivity index (χ0v) is 18.2. The first-order valence-corrected chi connectivity index (χ1v) is 11.0. The number of rotatable bonds is 8.